The number of amides is 1. The van der Waals surface area contributed by atoms with Gasteiger partial charge in [0.1, 0.15) is 0 Å². The lowest BCUT2D eigenvalue weighted by Crippen LogP contribution is -2.47. The van der Waals surface area contributed by atoms with Gasteiger partial charge in [0.05, 0.1) is 11.8 Å². The molecule has 1 aliphatic heterocycles. The number of piperidine rings is 1. The van der Waals surface area contributed by atoms with E-state index in [0.717, 1.165) is 55.7 Å². The molecule has 1 aliphatic rings. The molecule has 2 N–H and O–H groups in total. The standard InChI is InChI=1S/C19H29N5O2/c1-5-10-24(14-6-8-20-9-7-14)16(25)11-15-12(2)17-18(21-13(15)3)23(4)22-19(17)26/h14,20H,5-11H2,1-4H3,(H,22,26). The highest BCUT2D eigenvalue weighted by atomic mass is 16.2. The third-order valence-electron chi connectivity index (χ3n) is 5.44. The van der Waals surface area contributed by atoms with Crippen LogP contribution in [0.25, 0.3) is 11.0 Å². The molecule has 0 bridgehead atoms. The van der Waals surface area contributed by atoms with E-state index in [0.29, 0.717) is 23.5 Å². The Labute approximate surface area is 153 Å². The molecule has 7 nitrogen and oxygen atoms in total. The minimum absolute atomic E-state index is 0.137. The highest BCUT2D eigenvalue weighted by Crippen LogP contribution is 2.22. The van der Waals surface area contributed by atoms with Crippen LogP contribution in [0.5, 0.6) is 0 Å². The molecular formula is C19H29N5O2. The first-order valence-electron chi connectivity index (χ1n) is 9.49. The Kier molecular flexibility index (Phi) is 5.46. The molecule has 0 radical (unpaired) electrons. The molecule has 3 heterocycles. The van der Waals surface area contributed by atoms with Gasteiger partial charge in [0.25, 0.3) is 5.56 Å². The van der Waals surface area contributed by atoms with Crippen molar-refractivity contribution in [1.82, 2.24) is 25.0 Å². The quantitative estimate of drug-likeness (QED) is 0.846. The molecule has 2 aromatic heterocycles. The topological polar surface area (TPSA) is 83.0 Å². The van der Waals surface area contributed by atoms with Gasteiger partial charge in [-0.1, -0.05) is 6.92 Å². The Morgan fingerprint density at radius 3 is 2.65 bits per heavy atom. The maximum atomic E-state index is 13.1. The maximum Gasteiger partial charge on any atom is 0.273 e. The van der Waals surface area contributed by atoms with Gasteiger partial charge in [0, 0.05) is 25.3 Å². The summed E-state index contributed by atoms with van der Waals surface area (Å²) < 4.78 is 1.64. The number of carbonyl (C=O) groups excluding carboxylic acids is 1. The number of hydrogen-bond acceptors (Lipinski definition) is 4. The minimum atomic E-state index is -0.148. The number of nitrogens with zero attached hydrogens (tertiary/aromatic N) is 3. The van der Waals surface area contributed by atoms with E-state index in [1.165, 1.54) is 0 Å². The second-order valence-electron chi connectivity index (χ2n) is 7.24. The number of aromatic nitrogens is 3. The van der Waals surface area contributed by atoms with Gasteiger partial charge in [-0.05, 0) is 57.3 Å². The number of carbonyl (C=O) groups is 1. The number of hydrogen-bond donors (Lipinski definition) is 2. The molecule has 26 heavy (non-hydrogen) atoms. The summed E-state index contributed by atoms with van der Waals surface area (Å²) in [5.74, 6) is 0.137. The number of pyridine rings is 1. The van der Waals surface area contributed by atoms with Gasteiger partial charge in [-0.2, -0.15) is 0 Å². The summed E-state index contributed by atoms with van der Waals surface area (Å²) in [4.78, 5) is 32.0. The van der Waals surface area contributed by atoms with Gasteiger partial charge in [-0.15, -0.1) is 0 Å². The number of fused-ring (bicyclic) bond motifs is 1. The van der Waals surface area contributed by atoms with E-state index in [1.807, 2.05) is 18.7 Å². The molecule has 3 rings (SSSR count). The molecule has 142 valence electrons. The highest BCUT2D eigenvalue weighted by molar-refractivity contribution is 5.84. The van der Waals surface area contributed by atoms with Crippen LogP contribution in [0, 0.1) is 13.8 Å². The summed E-state index contributed by atoms with van der Waals surface area (Å²) in [6, 6.07) is 0.307. The predicted molar refractivity (Wildman–Crippen MR) is 102 cm³/mol. The minimum Gasteiger partial charge on any atom is -0.339 e. The van der Waals surface area contributed by atoms with Crippen molar-refractivity contribution in [3.63, 3.8) is 0 Å². The molecule has 0 unspecified atom stereocenters. The van der Waals surface area contributed by atoms with Crippen molar-refractivity contribution in [1.29, 1.82) is 0 Å². The van der Waals surface area contributed by atoms with Crippen LogP contribution in [-0.4, -0.2) is 51.2 Å². The van der Waals surface area contributed by atoms with E-state index in [2.05, 4.69) is 22.3 Å². The lowest BCUT2D eigenvalue weighted by molar-refractivity contribution is -0.133. The third-order valence-corrected chi connectivity index (χ3v) is 5.44. The first-order valence-corrected chi connectivity index (χ1v) is 9.49. The average molecular weight is 359 g/mol. The fraction of sp³-hybridized carbons (Fsp3) is 0.632. The Morgan fingerprint density at radius 2 is 2.00 bits per heavy atom. The number of aromatic amines is 1. The summed E-state index contributed by atoms with van der Waals surface area (Å²) in [6.45, 7) is 8.65. The Hall–Kier alpha value is -2.15. The molecule has 0 saturated carbocycles. The van der Waals surface area contributed by atoms with Crippen molar-refractivity contribution in [3.05, 3.63) is 27.2 Å². The van der Waals surface area contributed by atoms with Gasteiger partial charge >= 0.3 is 0 Å². The van der Waals surface area contributed by atoms with Crippen LogP contribution < -0.4 is 10.9 Å². The predicted octanol–water partition coefficient (Wildman–Crippen LogP) is 1.41. The van der Waals surface area contributed by atoms with Gasteiger partial charge < -0.3 is 10.2 Å². The Bertz CT molecular complexity index is 861. The van der Waals surface area contributed by atoms with E-state index >= 15 is 0 Å². The van der Waals surface area contributed by atoms with Gasteiger partial charge in [0.15, 0.2) is 5.65 Å². The average Bonchev–Trinajstić information content (AvgIpc) is 2.90. The van der Waals surface area contributed by atoms with Crippen LogP contribution >= 0.6 is 0 Å². The molecule has 1 amide bonds. The summed E-state index contributed by atoms with van der Waals surface area (Å²) in [5.41, 5.74) is 3.06. The molecule has 0 atom stereocenters. The Balaban J connectivity index is 1.92. The SMILES string of the molecule is CCCN(C(=O)Cc1c(C)nc2c(c1C)c(=O)[nH]n2C)C1CCNCC1. The second-order valence-corrected chi connectivity index (χ2v) is 7.24. The molecule has 0 aliphatic carbocycles. The van der Waals surface area contributed by atoms with Crippen LogP contribution in [0.2, 0.25) is 0 Å². The molecule has 1 saturated heterocycles. The zero-order valence-electron chi connectivity index (χ0n) is 16.2. The van der Waals surface area contributed by atoms with Crippen molar-refractivity contribution in [2.75, 3.05) is 19.6 Å². The second kappa shape index (κ2) is 7.61. The number of rotatable bonds is 5. The normalized spacial score (nSPS) is 15.5. The summed E-state index contributed by atoms with van der Waals surface area (Å²) in [7, 11) is 1.78. The van der Waals surface area contributed by atoms with Crippen LogP contribution in [0.1, 0.15) is 43.0 Å². The molecule has 1 fully saturated rings. The number of nitrogens with one attached hydrogen (secondary N) is 2. The number of H-pyrrole nitrogens is 1. The van der Waals surface area contributed by atoms with Crippen LogP contribution in [0.4, 0.5) is 0 Å². The molecule has 2 aromatic rings. The molecule has 0 aromatic carbocycles. The van der Waals surface area contributed by atoms with Crippen molar-refractivity contribution >= 4 is 16.9 Å². The zero-order chi connectivity index (χ0) is 18.8. The fourth-order valence-corrected chi connectivity index (χ4v) is 4.03. The molecule has 0 spiro atoms. The Morgan fingerprint density at radius 1 is 1.31 bits per heavy atom. The van der Waals surface area contributed by atoms with Crippen molar-refractivity contribution in [2.24, 2.45) is 7.05 Å². The zero-order valence-corrected chi connectivity index (χ0v) is 16.2. The summed E-state index contributed by atoms with van der Waals surface area (Å²) >= 11 is 0. The lowest BCUT2D eigenvalue weighted by Gasteiger charge is -2.35. The lowest BCUT2D eigenvalue weighted by atomic mass is 9.99. The van der Waals surface area contributed by atoms with E-state index in [-0.39, 0.29) is 11.5 Å². The highest BCUT2D eigenvalue weighted by Gasteiger charge is 2.26. The summed E-state index contributed by atoms with van der Waals surface area (Å²) in [6.07, 6.45) is 3.25. The van der Waals surface area contributed by atoms with E-state index in [1.54, 1.807) is 11.7 Å². The van der Waals surface area contributed by atoms with Crippen LogP contribution in [0.3, 0.4) is 0 Å². The molecular weight excluding hydrogens is 330 g/mol. The van der Waals surface area contributed by atoms with Crippen molar-refractivity contribution in [3.8, 4) is 0 Å². The first kappa shape index (κ1) is 18.6. The van der Waals surface area contributed by atoms with E-state index < -0.39 is 0 Å². The first-order chi connectivity index (χ1) is 12.4. The largest absolute Gasteiger partial charge is 0.339 e. The van der Waals surface area contributed by atoms with Crippen LogP contribution in [0.15, 0.2) is 4.79 Å². The van der Waals surface area contributed by atoms with Crippen LogP contribution in [-0.2, 0) is 18.3 Å². The summed E-state index contributed by atoms with van der Waals surface area (Å²) in [5, 5.41) is 6.70. The molecule has 7 heteroatoms. The third kappa shape index (κ3) is 3.40. The number of aryl methyl sites for hydroxylation is 3. The van der Waals surface area contributed by atoms with E-state index in [4.69, 9.17) is 0 Å². The van der Waals surface area contributed by atoms with Crippen molar-refractivity contribution < 1.29 is 4.79 Å². The van der Waals surface area contributed by atoms with E-state index in [9.17, 15) is 9.59 Å². The smallest absolute Gasteiger partial charge is 0.273 e. The maximum absolute atomic E-state index is 13.1. The monoisotopic (exact) mass is 359 g/mol. The van der Waals surface area contributed by atoms with Gasteiger partial charge in [-0.3, -0.25) is 19.4 Å². The van der Waals surface area contributed by atoms with Gasteiger partial charge in [-0.25, -0.2) is 4.98 Å². The van der Waals surface area contributed by atoms with Crippen molar-refractivity contribution in [2.45, 2.75) is 52.5 Å². The van der Waals surface area contributed by atoms with Gasteiger partial charge in [0.2, 0.25) is 5.91 Å². The fourth-order valence-electron chi connectivity index (χ4n) is 4.03.